The van der Waals surface area contributed by atoms with Gasteiger partial charge in [-0.25, -0.2) is 9.97 Å². The van der Waals surface area contributed by atoms with E-state index in [4.69, 9.17) is 4.42 Å². The number of nitrogens with zero attached hydrogens (tertiary/aromatic N) is 4. The molecule has 0 spiro atoms. The van der Waals surface area contributed by atoms with E-state index < -0.39 is 0 Å². The minimum Gasteiger partial charge on any atom is -0.436 e. The molecule has 0 amide bonds. The third kappa shape index (κ3) is 2.14. The van der Waals surface area contributed by atoms with E-state index in [-0.39, 0.29) is 0 Å². The molecular formula is C11H12N6OS. The molecule has 0 radical (unpaired) electrons. The largest absolute Gasteiger partial charge is 0.436 e. The van der Waals surface area contributed by atoms with E-state index in [1.807, 2.05) is 13.8 Å². The molecule has 0 bridgehead atoms. The predicted molar refractivity (Wildman–Crippen MR) is 71.3 cm³/mol. The number of hydrogen-bond donors (Lipinski definition) is 2. The fourth-order valence-electron chi connectivity index (χ4n) is 1.57. The van der Waals surface area contributed by atoms with Crippen molar-refractivity contribution >= 4 is 28.7 Å². The number of rotatable bonds is 3. The Hall–Kier alpha value is -2.09. The van der Waals surface area contributed by atoms with Crippen LogP contribution in [0.1, 0.15) is 11.5 Å². The van der Waals surface area contributed by atoms with E-state index >= 15 is 0 Å². The summed E-state index contributed by atoms with van der Waals surface area (Å²) in [6, 6.07) is 0. The molecule has 8 heteroatoms. The number of aryl methyl sites for hydroxylation is 2. The van der Waals surface area contributed by atoms with Gasteiger partial charge in [0.15, 0.2) is 5.65 Å². The predicted octanol–water partition coefficient (Wildman–Crippen LogP) is 2.15. The highest BCUT2D eigenvalue weighted by Gasteiger charge is 2.14. The average Bonchev–Trinajstić information content (AvgIpc) is 2.97. The van der Waals surface area contributed by atoms with Crippen molar-refractivity contribution in [2.24, 2.45) is 0 Å². The van der Waals surface area contributed by atoms with Gasteiger partial charge in [0.25, 0.3) is 5.22 Å². The molecule has 3 aromatic heterocycles. The molecule has 2 N–H and O–H groups in total. The van der Waals surface area contributed by atoms with Gasteiger partial charge >= 0.3 is 0 Å². The molecule has 0 aromatic carbocycles. The monoisotopic (exact) mass is 276 g/mol. The van der Waals surface area contributed by atoms with Gasteiger partial charge in [-0.1, -0.05) is 0 Å². The molecule has 7 nitrogen and oxygen atoms in total. The molecule has 0 saturated heterocycles. The molecule has 0 atom stereocenters. The Morgan fingerprint density at radius 2 is 2.11 bits per heavy atom. The fourth-order valence-corrected chi connectivity index (χ4v) is 2.47. The van der Waals surface area contributed by atoms with Gasteiger partial charge in [-0.2, -0.15) is 10.1 Å². The Kier molecular flexibility index (Phi) is 2.86. The highest BCUT2D eigenvalue weighted by Crippen LogP contribution is 2.31. The molecule has 0 aliphatic rings. The number of anilines is 1. The van der Waals surface area contributed by atoms with Crippen LogP contribution >= 0.6 is 11.8 Å². The van der Waals surface area contributed by atoms with Crippen LogP contribution in [0.5, 0.6) is 0 Å². The summed E-state index contributed by atoms with van der Waals surface area (Å²) < 4.78 is 5.56. The highest BCUT2D eigenvalue weighted by atomic mass is 32.2. The van der Waals surface area contributed by atoms with Crippen LogP contribution in [0, 0.1) is 13.8 Å². The van der Waals surface area contributed by atoms with Gasteiger partial charge < -0.3 is 9.73 Å². The first-order valence-electron chi connectivity index (χ1n) is 5.68. The molecule has 0 fully saturated rings. The number of oxazole rings is 1. The zero-order chi connectivity index (χ0) is 13.4. The lowest BCUT2D eigenvalue weighted by Gasteiger charge is -2.02. The van der Waals surface area contributed by atoms with E-state index in [9.17, 15) is 0 Å². The van der Waals surface area contributed by atoms with Crippen molar-refractivity contribution in [1.29, 1.82) is 0 Å². The summed E-state index contributed by atoms with van der Waals surface area (Å²) in [7, 11) is 1.77. The van der Waals surface area contributed by atoms with E-state index in [0.717, 1.165) is 21.9 Å². The molecule has 0 aliphatic heterocycles. The van der Waals surface area contributed by atoms with E-state index in [0.29, 0.717) is 16.8 Å². The quantitative estimate of drug-likeness (QED) is 0.708. The van der Waals surface area contributed by atoms with Crippen molar-refractivity contribution in [3.8, 4) is 0 Å². The van der Waals surface area contributed by atoms with Crippen molar-refractivity contribution < 1.29 is 4.42 Å². The molecule has 3 rings (SSSR count). The Morgan fingerprint density at radius 1 is 1.26 bits per heavy atom. The van der Waals surface area contributed by atoms with Crippen LogP contribution < -0.4 is 5.32 Å². The minimum atomic E-state index is 0.527. The number of H-pyrrole nitrogens is 1. The van der Waals surface area contributed by atoms with Gasteiger partial charge in [-0.05, 0) is 25.6 Å². The van der Waals surface area contributed by atoms with Crippen LogP contribution in [-0.4, -0.2) is 32.2 Å². The SMILES string of the molecule is CNc1nc(Sc2nc(C)c(C)o2)c2cn[nH]c2n1. The van der Waals surface area contributed by atoms with Gasteiger partial charge in [0.05, 0.1) is 17.3 Å². The third-order valence-electron chi connectivity index (χ3n) is 2.69. The number of aromatic nitrogens is 5. The molecular weight excluding hydrogens is 264 g/mol. The van der Waals surface area contributed by atoms with Crippen molar-refractivity contribution in [2.75, 3.05) is 12.4 Å². The second-order valence-corrected chi connectivity index (χ2v) is 4.90. The van der Waals surface area contributed by atoms with Crippen LogP contribution in [-0.2, 0) is 0 Å². The lowest BCUT2D eigenvalue weighted by Crippen LogP contribution is -1.97. The van der Waals surface area contributed by atoms with Crippen LogP contribution in [0.2, 0.25) is 0 Å². The number of aromatic amines is 1. The Bertz CT molecular complexity index is 714. The van der Waals surface area contributed by atoms with Gasteiger partial charge in [0, 0.05) is 7.05 Å². The number of nitrogens with one attached hydrogen (secondary N) is 2. The summed E-state index contributed by atoms with van der Waals surface area (Å²) in [6.07, 6.45) is 1.69. The van der Waals surface area contributed by atoms with Crippen LogP contribution in [0.15, 0.2) is 20.9 Å². The Balaban J connectivity index is 2.05. The van der Waals surface area contributed by atoms with Gasteiger partial charge in [-0.3, -0.25) is 5.10 Å². The summed E-state index contributed by atoms with van der Waals surface area (Å²) in [4.78, 5) is 13.0. The highest BCUT2D eigenvalue weighted by molar-refractivity contribution is 7.99. The first kappa shape index (κ1) is 12.0. The minimum absolute atomic E-state index is 0.527. The lowest BCUT2D eigenvalue weighted by molar-refractivity contribution is 0.431. The number of hydrogen-bond acceptors (Lipinski definition) is 7. The molecule has 0 aliphatic carbocycles. The van der Waals surface area contributed by atoms with Crippen LogP contribution in [0.4, 0.5) is 5.95 Å². The van der Waals surface area contributed by atoms with Crippen molar-refractivity contribution in [3.63, 3.8) is 0 Å². The third-order valence-corrected chi connectivity index (χ3v) is 3.55. The van der Waals surface area contributed by atoms with Gasteiger partial charge in [0.1, 0.15) is 10.8 Å². The van der Waals surface area contributed by atoms with Gasteiger partial charge in [-0.15, -0.1) is 0 Å². The Morgan fingerprint density at radius 3 is 2.79 bits per heavy atom. The van der Waals surface area contributed by atoms with Crippen molar-refractivity contribution in [3.05, 3.63) is 17.7 Å². The summed E-state index contributed by atoms with van der Waals surface area (Å²) in [6.45, 7) is 3.80. The summed E-state index contributed by atoms with van der Waals surface area (Å²) in [5.41, 5.74) is 1.57. The maximum absolute atomic E-state index is 5.56. The van der Waals surface area contributed by atoms with E-state index in [2.05, 4.69) is 30.5 Å². The zero-order valence-electron chi connectivity index (χ0n) is 10.7. The second kappa shape index (κ2) is 4.54. The van der Waals surface area contributed by atoms with E-state index in [1.165, 1.54) is 11.8 Å². The molecule has 0 saturated carbocycles. The summed E-state index contributed by atoms with van der Waals surface area (Å²) >= 11 is 1.36. The molecule has 0 unspecified atom stereocenters. The molecule has 98 valence electrons. The van der Waals surface area contributed by atoms with Crippen LogP contribution in [0.25, 0.3) is 11.0 Å². The first-order valence-corrected chi connectivity index (χ1v) is 6.50. The molecule has 19 heavy (non-hydrogen) atoms. The topological polar surface area (TPSA) is 92.5 Å². The summed E-state index contributed by atoms with van der Waals surface area (Å²) in [5, 5.41) is 11.9. The van der Waals surface area contributed by atoms with Crippen molar-refractivity contribution in [2.45, 2.75) is 24.1 Å². The smallest absolute Gasteiger partial charge is 0.262 e. The maximum atomic E-state index is 5.56. The maximum Gasteiger partial charge on any atom is 0.262 e. The molecule has 3 aromatic rings. The summed E-state index contributed by atoms with van der Waals surface area (Å²) in [5.74, 6) is 1.34. The first-order chi connectivity index (χ1) is 9.17. The normalized spacial score (nSPS) is 11.1. The lowest BCUT2D eigenvalue weighted by atomic mass is 10.4. The number of fused-ring (bicyclic) bond motifs is 1. The zero-order valence-corrected chi connectivity index (χ0v) is 11.5. The van der Waals surface area contributed by atoms with Crippen molar-refractivity contribution in [1.82, 2.24) is 25.1 Å². The Labute approximate surface area is 113 Å². The fraction of sp³-hybridized carbons (Fsp3) is 0.273. The standard InChI is InChI=1S/C11H12N6OS/c1-5-6(2)18-11(14-5)19-9-7-4-13-17-8(7)15-10(12-3)16-9/h4H,1-3H3,(H2,12,13,15,16,17). The van der Waals surface area contributed by atoms with E-state index in [1.54, 1.807) is 13.2 Å². The van der Waals surface area contributed by atoms with Crippen LogP contribution in [0.3, 0.4) is 0 Å². The molecule has 3 heterocycles. The second-order valence-electron chi connectivity index (χ2n) is 3.96. The average molecular weight is 276 g/mol. The van der Waals surface area contributed by atoms with Gasteiger partial charge in [0.2, 0.25) is 5.95 Å².